The molecule has 0 radical (unpaired) electrons. The molecule has 142 valence electrons. The fourth-order valence-electron chi connectivity index (χ4n) is 3.52. The zero-order chi connectivity index (χ0) is 16.9. The maximum atomic E-state index is 10.5. The van der Waals surface area contributed by atoms with E-state index in [2.05, 4.69) is 37.9 Å². The fraction of sp³-hybridized carbons (Fsp3) is 0.944. The van der Waals surface area contributed by atoms with Gasteiger partial charge in [0.1, 0.15) is 0 Å². The molecule has 5 nitrogen and oxygen atoms in total. The van der Waals surface area contributed by atoms with Crippen LogP contribution in [-0.2, 0) is 4.74 Å². The predicted molar refractivity (Wildman–Crippen MR) is 110 cm³/mol. The van der Waals surface area contributed by atoms with E-state index in [-0.39, 0.29) is 29.6 Å². The number of hydrogen-bond acceptors (Lipinski definition) is 3. The zero-order valence-corrected chi connectivity index (χ0v) is 18.1. The molecule has 24 heavy (non-hydrogen) atoms. The first kappa shape index (κ1) is 22.0. The van der Waals surface area contributed by atoms with Crippen LogP contribution in [0, 0.1) is 0 Å². The highest BCUT2D eigenvalue weighted by Gasteiger charge is 2.31. The van der Waals surface area contributed by atoms with Crippen molar-refractivity contribution in [2.75, 3.05) is 26.2 Å². The van der Waals surface area contributed by atoms with Gasteiger partial charge < -0.3 is 20.1 Å². The summed E-state index contributed by atoms with van der Waals surface area (Å²) in [6, 6.07) is 0. The number of hydrogen-bond donors (Lipinski definition) is 2. The van der Waals surface area contributed by atoms with E-state index in [0.717, 1.165) is 64.1 Å². The third-order valence-corrected chi connectivity index (χ3v) is 4.65. The Labute approximate surface area is 164 Å². The number of halogens is 1. The molecule has 2 N–H and O–H groups in total. The summed E-state index contributed by atoms with van der Waals surface area (Å²) < 4.78 is 6.10. The largest absolute Gasteiger partial charge is 0.388 e. The minimum Gasteiger partial charge on any atom is -0.388 e. The molecule has 0 aromatic heterocycles. The molecule has 2 rings (SSSR count). The predicted octanol–water partition coefficient (Wildman–Crippen LogP) is 3.15. The van der Waals surface area contributed by atoms with E-state index in [4.69, 9.17) is 9.73 Å². The Morgan fingerprint density at radius 3 is 2.33 bits per heavy atom. The van der Waals surface area contributed by atoms with Crippen molar-refractivity contribution in [3.05, 3.63) is 0 Å². The normalized spacial score (nSPS) is 22.4. The molecule has 2 aliphatic rings. The number of aliphatic imine (C=N–C) groups is 1. The van der Waals surface area contributed by atoms with Gasteiger partial charge >= 0.3 is 0 Å². The fourth-order valence-corrected chi connectivity index (χ4v) is 3.52. The van der Waals surface area contributed by atoms with Crippen LogP contribution in [0.2, 0.25) is 0 Å². The Balaban J connectivity index is 0.00000288. The van der Waals surface area contributed by atoms with Crippen LogP contribution in [0.25, 0.3) is 0 Å². The van der Waals surface area contributed by atoms with Gasteiger partial charge in [0.05, 0.1) is 23.9 Å². The van der Waals surface area contributed by atoms with Crippen LogP contribution >= 0.6 is 24.0 Å². The van der Waals surface area contributed by atoms with E-state index in [0.29, 0.717) is 12.6 Å². The highest BCUT2D eigenvalue weighted by atomic mass is 127. The van der Waals surface area contributed by atoms with Gasteiger partial charge in [0.2, 0.25) is 0 Å². The van der Waals surface area contributed by atoms with Crippen LogP contribution in [-0.4, -0.2) is 59.5 Å². The molecule has 1 aliphatic carbocycles. The molecule has 0 spiro atoms. The van der Waals surface area contributed by atoms with Crippen LogP contribution in [0.1, 0.15) is 66.2 Å². The van der Waals surface area contributed by atoms with Crippen molar-refractivity contribution >= 4 is 29.9 Å². The number of aliphatic hydroxyl groups is 1. The zero-order valence-electron chi connectivity index (χ0n) is 15.8. The van der Waals surface area contributed by atoms with Gasteiger partial charge in [-0.2, -0.15) is 0 Å². The molecule has 1 saturated carbocycles. The molecule has 0 bridgehead atoms. The molecule has 1 heterocycles. The molecule has 0 aromatic carbocycles. The van der Waals surface area contributed by atoms with Gasteiger partial charge in [-0.15, -0.1) is 24.0 Å². The Morgan fingerprint density at radius 2 is 1.83 bits per heavy atom. The maximum absolute atomic E-state index is 10.5. The second kappa shape index (κ2) is 9.57. The molecule has 1 aliphatic heterocycles. The lowest BCUT2D eigenvalue weighted by Crippen LogP contribution is -2.48. The highest BCUT2D eigenvalue weighted by molar-refractivity contribution is 14.0. The summed E-state index contributed by atoms with van der Waals surface area (Å²) in [6.07, 6.45) is 6.43. The van der Waals surface area contributed by atoms with Crippen LogP contribution < -0.4 is 5.32 Å². The second-order valence-corrected chi connectivity index (χ2v) is 8.02. The van der Waals surface area contributed by atoms with Gasteiger partial charge in [0.15, 0.2) is 5.96 Å². The number of likely N-dealkylation sites (tertiary alicyclic amines) is 1. The summed E-state index contributed by atoms with van der Waals surface area (Å²) in [4.78, 5) is 7.04. The van der Waals surface area contributed by atoms with Gasteiger partial charge in [-0.25, -0.2) is 0 Å². The van der Waals surface area contributed by atoms with Gasteiger partial charge in [0, 0.05) is 19.6 Å². The van der Waals surface area contributed by atoms with Crippen molar-refractivity contribution in [3.8, 4) is 0 Å². The number of nitrogens with one attached hydrogen (secondary N) is 1. The SMILES string of the molecule is CCNC(=NCC1(O)CCCC1)N1CCC(OC(C)(C)C)CC1.I. The summed E-state index contributed by atoms with van der Waals surface area (Å²) in [6.45, 7) is 11.8. The summed E-state index contributed by atoms with van der Waals surface area (Å²) in [7, 11) is 0. The lowest BCUT2D eigenvalue weighted by atomic mass is 10.0. The topological polar surface area (TPSA) is 57.1 Å². The Morgan fingerprint density at radius 1 is 1.25 bits per heavy atom. The van der Waals surface area contributed by atoms with E-state index in [9.17, 15) is 5.11 Å². The molecule has 0 amide bonds. The third-order valence-electron chi connectivity index (χ3n) is 4.65. The number of guanidine groups is 1. The number of nitrogens with zero attached hydrogens (tertiary/aromatic N) is 2. The van der Waals surface area contributed by atoms with Crippen molar-refractivity contribution in [3.63, 3.8) is 0 Å². The molecule has 6 heteroatoms. The van der Waals surface area contributed by atoms with Gasteiger partial charge in [-0.1, -0.05) is 12.8 Å². The van der Waals surface area contributed by atoms with Crippen molar-refractivity contribution in [2.24, 2.45) is 4.99 Å². The van der Waals surface area contributed by atoms with E-state index in [1.807, 2.05) is 0 Å². The smallest absolute Gasteiger partial charge is 0.194 e. The average molecular weight is 453 g/mol. The van der Waals surface area contributed by atoms with Crippen LogP contribution in [0.5, 0.6) is 0 Å². The van der Waals surface area contributed by atoms with Gasteiger partial charge in [0.25, 0.3) is 0 Å². The molecule has 0 atom stereocenters. The average Bonchev–Trinajstić information content (AvgIpc) is 2.90. The van der Waals surface area contributed by atoms with Crippen molar-refractivity contribution < 1.29 is 9.84 Å². The quantitative estimate of drug-likeness (QED) is 0.390. The van der Waals surface area contributed by atoms with Crippen molar-refractivity contribution in [2.45, 2.75) is 83.5 Å². The maximum Gasteiger partial charge on any atom is 0.194 e. The second-order valence-electron chi connectivity index (χ2n) is 8.02. The third kappa shape index (κ3) is 7.04. The molecule has 2 fully saturated rings. The first-order valence-corrected chi connectivity index (χ1v) is 9.25. The highest BCUT2D eigenvalue weighted by Crippen LogP contribution is 2.29. The van der Waals surface area contributed by atoms with Gasteiger partial charge in [-0.3, -0.25) is 4.99 Å². The van der Waals surface area contributed by atoms with E-state index < -0.39 is 5.60 Å². The van der Waals surface area contributed by atoms with Crippen molar-refractivity contribution in [1.29, 1.82) is 0 Å². The van der Waals surface area contributed by atoms with Crippen LogP contribution in [0.4, 0.5) is 0 Å². The van der Waals surface area contributed by atoms with E-state index in [1.165, 1.54) is 0 Å². The summed E-state index contributed by atoms with van der Waals surface area (Å²) >= 11 is 0. The Kier molecular flexibility index (Phi) is 8.76. The van der Waals surface area contributed by atoms with E-state index >= 15 is 0 Å². The molecule has 0 aromatic rings. The number of rotatable bonds is 4. The van der Waals surface area contributed by atoms with Gasteiger partial charge in [-0.05, 0) is 53.4 Å². The monoisotopic (exact) mass is 453 g/mol. The molecular weight excluding hydrogens is 417 g/mol. The summed E-state index contributed by atoms with van der Waals surface area (Å²) in [5, 5.41) is 13.9. The Hall–Kier alpha value is -0.0800. The van der Waals surface area contributed by atoms with Crippen LogP contribution in [0.3, 0.4) is 0 Å². The molecule has 1 saturated heterocycles. The van der Waals surface area contributed by atoms with Crippen molar-refractivity contribution in [1.82, 2.24) is 10.2 Å². The lowest BCUT2D eigenvalue weighted by molar-refractivity contribution is -0.0773. The Bertz CT molecular complexity index is 396. The minimum absolute atomic E-state index is 0. The van der Waals surface area contributed by atoms with E-state index in [1.54, 1.807) is 0 Å². The number of piperidine rings is 1. The number of ether oxygens (including phenoxy) is 1. The summed E-state index contributed by atoms with van der Waals surface area (Å²) in [5.41, 5.74) is -0.647. The molecular formula is C18H36IN3O2. The molecule has 0 unspecified atom stereocenters. The first-order chi connectivity index (χ1) is 10.8. The first-order valence-electron chi connectivity index (χ1n) is 9.25. The van der Waals surface area contributed by atoms with Crippen LogP contribution in [0.15, 0.2) is 4.99 Å². The standard InChI is InChI=1S/C18H35N3O2.HI/c1-5-19-16(20-14-18(22)10-6-7-11-18)21-12-8-15(9-13-21)23-17(2,3)4;/h15,22H,5-14H2,1-4H3,(H,19,20);1H. The lowest BCUT2D eigenvalue weighted by Gasteiger charge is -2.37. The minimum atomic E-state index is -0.575. The summed E-state index contributed by atoms with van der Waals surface area (Å²) in [5.74, 6) is 0.946.